The van der Waals surface area contributed by atoms with Crippen molar-refractivity contribution in [2.75, 3.05) is 32.7 Å². The topological polar surface area (TPSA) is 70.4 Å². The molecule has 0 atom stereocenters. The molecule has 0 amide bonds. The molecule has 2 aromatic rings. The number of carboxylic acid groups (broad SMARTS) is 1. The van der Waals surface area contributed by atoms with E-state index in [1.54, 1.807) is 0 Å². The molecule has 6 nitrogen and oxygen atoms in total. The van der Waals surface area contributed by atoms with Crippen molar-refractivity contribution in [3.05, 3.63) is 41.6 Å². The zero-order chi connectivity index (χ0) is 25.8. The fourth-order valence-corrected chi connectivity index (χ4v) is 3.91. The van der Waals surface area contributed by atoms with Crippen LogP contribution in [0.15, 0.2) is 24.4 Å². The van der Waals surface area contributed by atoms with Gasteiger partial charge < -0.3 is 19.9 Å². The number of benzene rings is 1. The van der Waals surface area contributed by atoms with E-state index in [2.05, 4.69) is 14.8 Å². The standard InChI is InChI=1S/C20H24F4N4.C2HF3O2/c21-17-3-2-15(12-16(17)20(22,23)24)18-13-28(11-10-27-8-1-9-27)19(26-18)14-4-6-25-7-5-14;3-2(4,5)1(6)7/h2-3,12-14,25H,1,4-11H2;(H,6,7). The third-order valence-electron chi connectivity index (χ3n) is 5.93. The summed E-state index contributed by atoms with van der Waals surface area (Å²) in [6.45, 7) is 5.68. The van der Waals surface area contributed by atoms with Gasteiger partial charge in [-0.2, -0.15) is 26.3 Å². The van der Waals surface area contributed by atoms with Gasteiger partial charge in [-0.05, 0) is 63.6 Å². The van der Waals surface area contributed by atoms with Crippen LogP contribution >= 0.6 is 0 Å². The molecule has 0 aliphatic carbocycles. The van der Waals surface area contributed by atoms with Gasteiger partial charge in [-0.1, -0.05) is 0 Å². The van der Waals surface area contributed by atoms with Crippen LogP contribution < -0.4 is 5.32 Å². The SMILES string of the molecule is Fc1ccc(-c2cn(CCN3CCC3)c(C3CCNCC3)n2)cc1C(F)(F)F.O=C(O)C(F)(F)F. The van der Waals surface area contributed by atoms with E-state index >= 15 is 0 Å². The molecule has 1 aromatic carbocycles. The molecule has 2 saturated heterocycles. The van der Waals surface area contributed by atoms with Gasteiger partial charge in [-0.3, -0.25) is 0 Å². The van der Waals surface area contributed by atoms with Gasteiger partial charge >= 0.3 is 18.3 Å². The highest BCUT2D eigenvalue weighted by Gasteiger charge is 2.38. The molecule has 2 aliphatic heterocycles. The van der Waals surface area contributed by atoms with Gasteiger partial charge in [0.2, 0.25) is 0 Å². The Morgan fingerprint density at radius 1 is 1.09 bits per heavy atom. The van der Waals surface area contributed by atoms with Crippen LogP contribution in [0, 0.1) is 5.82 Å². The van der Waals surface area contributed by atoms with Crippen LogP contribution in [0.2, 0.25) is 0 Å². The zero-order valence-corrected chi connectivity index (χ0v) is 18.6. The van der Waals surface area contributed by atoms with E-state index in [1.165, 1.54) is 12.5 Å². The van der Waals surface area contributed by atoms with Gasteiger partial charge in [-0.25, -0.2) is 14.2 Å². The molecule has 0 saturated carbocycles. The van der Waals surface area contributed by atoms with Crippen molar-refractivity contribution < 1.29 is 40.6 Å². The number of likely N-dealkylation sites (tertiary alicyclic amines) is 1. The van der Waals surface area contributed by atoms with Gasteiger partial charge in [0, 0.05) is 30.8 Å². The lowest BCUT2D eigenvalue weighted by molar-refractivity contribution is -0.192. The van der Waals surface area contributed by atoms with E-state index in [4.69, 9.17) is 14.9 Å². The van der Waals surface area contributed by atoms with E-state index in [0.29, 0.717) is 11.3 Å². The average Bonchev–Trinajstić information content (AvgIpc) is 3.17. The Kier molecular flexibility index (Phi) is 8.42. The van der Waals surface area contributed by atoms with Gasteiger partial charge in [0.05, 0.1) is 11.3 Å². The number of aromatic nitrogens is 2. The Hall–Kier alpha value is -2.67. The Morgan fingerprint density at radius 3 is 2.23 bits per heavy atom. The summed E-state index contributed by atoms with van der Waals surface area (Å²) in [7, 11) is 0. The maximum absolute atomic E-state index is 13.7. The van der Waals surface area contributed by atoms with Crippen molar-refractivity contribution in [3.8, 4) is 11.3 Å². The first-order valence-electron chi connectivity index (χ1n) is 11.0. The van der Waals surface area contributed by atoms with Crippen LogP contribution in [-0.2, 0) is 17.5 Å². The fraction of sp³-hybridized carbons (Fsp3) is 0.545. The first-order chi connectivity index (χ1) is 16.4. The summed E-state index contributed by atoms with van der Waals surface area (Å²) < 4.78 is 86.8. The molecule has 0 radical (unpaired) electrons. The molecule has 1 aromatic heterocycles. The van der Waals surface area contributed by atoms with Gasteiger partial charge in [0.15, 0.2) is 0 Å². The number of hydrogen-bond donors (Lipinski definition) is 2. The zero-order valence-electron chi connectivity index (χ0n) is 18.6. The monoisotopic (exact) mass is 510 g/mol. The second-order valence-electron chi connectivity index (χ2n) is 8.39. The molecule has 13 heteroatoms. The normalized spacial score (nSPS) is 17.5. The van der Waals surface area contributed by atoms with Crippen LogP contribution in [0.4, 0.5) is 30.7 Å². The number of imidazole rings is 1. The second-order valence-corrected chi connectivity index (χ2v) is 8.39. The Labute approximate surface area is 196 Å². The summed E-state index contributed by atoms with van der Waals surface area (Å²) in [5, 5.41) is 10.5. The summed E-state index contributed by atoms with van der Waals surface area (Å²) >= 11 is 0. The van der Waals surface area contributed by atoms with Crippen molar-refractivity contribution in [3.63, 3.8) is 0 Å². The molecular weight excluding hydrogens is 485 g/mol. The number of alkyl halides is 6. The molecule has 2 fully saturated rings. The lowest BCUT2D eigenvalue weighted by Gasteiger charge is -2.31. The highest BCUT2D eigenvalue weighted by atomic mass is 19.4. The van der Waals surface area contributed by atoms with Crippen LogP contribution in [0.25, 0.3) is 11.3 Å². The van der Waals surface area contributed by atoms with Crippen molar-refractivity contribution in [1.29, 1.82) is 0 Å². The first-order valence-corrected chi connectivity index (χ1v) is 11.0. The molecule has 4 rings (SSSR count). The Bertz CT molecular complexity index is 1010. The van der Waals surface area contributed by atoms with E-state index in [9.17, 15) is 30.7 Å². The lowest BCUT2D eigenvalue weighted by atomic mass is 9.97. The van der Waals surface area contributed by atoms with Crippen molar-refractivity contribution >= 4 is 5.97 Å². The summed E-state index contributed by atoms with van der Waals surface area (Å²) in [5.41, 5.74) is -0.474. The highest BCUT2D eigenvalue weighted by Crippen LogP contribution is 2.35. The summed E-state index contributed by atoms with van der Waals surface area (Å²) in [4.78, 5) is 16.0. The third kappa shape index (κ3) is 7.17. The lowest BCUT2D eigenvalue weighted by Crippen LogP contribution is -2.39. The van der Waals surface area contributed by atoms with Crippen molar-refractivity contribution in [2.24, 2.45) is 0 Å². The number of rotatable bonds is 5. The largest absolute Gasteiger partial charge is 0.490 e. The maximum atomic E-state index is 13.7. The third-order valence-corrected chi connectivity index (χ3v) is 5.93. The van der Waals surface area contributed by atoms with Crippen molar-refractivity contribution in [2.45, 2.75) is 44.1 Å². The summed E-state index contributed by atoms with van der Waals surface area (Å²) in [5.74, 6) is -2.80. The quantitative estimate of drug-likeness (QED) is 0.580. The molecule has 3 heterocycles. The number of piperidine rings is 1. The first kappa shape index (κ1) is 26.9. The van der Waals surface area contributed by atoms with Crippen LogP contribution in [0.1, 0.15) is 36.6 Å². The molecule has 194 valence electrons. The molecule has 0 bridgehead atoms. The predicted molar refractivity (Wildman–Crippen MR) is 112 cm³/mol. The molecular formula is C22H25F7N4O2. The van der Waals surface area contributed by atoms with E-state index in [0.717, 1.165) is 70.1 Å². The molecule has 2 aliphatic rings. The van der Waals surface area contributed by atoms with E-state index in [-0.39, 0.29) is 5.92 Å². The van der Waals surface area contributed by atoms with E-state index < -0.39 is 29.7 Å². The number of carbonyl (C=O) groups is 1. The van der Waals surface area contributed by atoms with Gasteiger partial charge in [-0.15, -0.1) is 0 Å². The summed E-state index contributed by atoms with van der Waals surface area (Å²) in [6, 6.07) is 3.12. The van der Waals surface area contributed by atoms with Gasteiger partial charge in [0.1, 0.15) is 11.6 Å². The van der Waals surface area contributed by atoms with Gasteiger partial charge in [0.25, 0.3) is 0 Å². The fourth-order valence-electron chi connectivity index (χ4n) is 3.91. The average molecular weight is 510 g/mol. The highest BCUT2D eigenvalue weighted by molar-refractivity contribution is 5.73. The number of carboxylic acids is 1. The Morgan fingerprint density at radius 2 is 1.71 bits per heavy atom. The number of nitrogens with zero attached hydrogens (tertiary/aromatic N) is 3. The second kappa shape index (κ2) is 10.9. The van der Waals surface area contributed by atoms with Crippen LogP contribution in [0.5, 0.6) is 0 Å². The minimum atomic E-state index is -5.08. The molecule has 0 spiro atoms. The molecule has 0 unspecified atom stereocenters. The Balaban J connectivity index is 0.000000429. The predicted octanol–water partition coefficient (Wildman–Crippen LogP) is 4.51. The number of hydrogen-bond acceptors (Lipinski definition) is 4. The van der Waals surface area contributed by atoms with E-state index in [1.807, 2.05) is 6.20 Å². The number of halogens is 7. The molecule has 35 heavy (non-hydrogen) atoms. The van der Waals surface area contributed by atoms with Crippen LogP contribution in [-0.4, -0.2) is 64.4 Å². The number of aliphatic carboxylic acids is 1. The minimum Gasteiger partial charge on any atom is -0.475 e. The number of nitrogens with one attached hydrogen (secondary N) is 1. The smallest absolute Gasteiger partial charge is 0.475 e. The summed E-state index contributed by atoms with van der Waals surface area (Å²) in [6.07, 6.45) is -4.86. The van der Waals surface area contributed by atoms with Crippen LogP contribution in [0.3, 0.4) is 0 Å². The molecule has 2 N–H and O–H groups in total. The minimum absolute atomic E-state index is 0.286. The van der Waals surface area contributed by atoms with Crippen molar-refractivity contribution in [1.82, 2.24) is 19.8 Å². The maximum Gasteiger partial charge on any atom is 0.490 e.